The molecule has 0 aromatic carbocycles. The van der Waals surface area contributed by atoms with Crippen LogP contribution in [0.3, 0.4) is 0 Å². The molecule has 2 aliphatic rings. The molecular formula is C18H31N5O. The fourth-order valence-electron chi connectivity index (χ4n) is 3.93. The van der Waals surface area contributed by atoms with Crippen LogP contribution in [0.4, 0.5) is 0 Å². The Balaban J connectivity index is 1.55. The summed E-state index contributed by atoms with van der Waals surface area (Å²) in [5.41, 5.74) is 0. The van der Waals surface area contributed by atoms with Gasteiger partial charge in [0.15, 0.2) is 0 Å². The molecule has 1 amide bonds. The Labute approximate surface area is 145 Å². The number of piperazine rings is 1. The molecule has 0 aliphatic carbocycles. The van der Waals surface area contributed by atoms with Gasteiger partial charge < -0.3 is 9.47 Å². The molecule has 2 aliphatic heterocycles. The molecule has 0 N–H and O–H groups in total. The van der Waals surface area contributed by atoms with Gasteiger partial charge in [0.1, 0.15) is 5.82 Å². The van der Waals surface area contributed by atoms with Gasteiger partial charge in [-0.15, -0.1) is 0 Å². The van der Waals surface area contributed by atoms with Gasteiger partial charge in [0.25, 0.3) is 0 Å². The summed E-state index contributed by atoms with van der Waals surface area (Å²) in [7, 11) is 0. The standard InChI is InChI=1S/C18H31N5O/c1-4-20-10-7-19-17(20)14-22-11-12-23(13-15(22)2)16(3)18(24)21-8-5-6-9-21/h7,10,15-16H,4-6,8-9,11-14H2,1-3H3. The van der Waals surface area contributed by atoms with Crippen molar-refractivity contribution >= 4 is 5.91 Å². The summed E-state index contributed by atoms with van der Waals surface area (Å²) in [6, 6.07) is 0.444. The number of amides is 1. The summed E-state index contributed by atoms with van der Waals surface area (Å²) in [5, 5.41) is 0. The Morgan fingerprint density at radius 2 is 2.04 bits per heavy atom. The molecular weight excluding hydrogens is 302 g/mol. The first-order valence-corrected chi connectivity index (χ1v) is 9.37. The molecule has 3 rings (SSSR count). The highest BCUT2D eigenvalue weighted by atomic mass is 16.2. The summed E-state index contributed by atoms with van der Waals surface area (Å²) >= 11 is 0. The molecule has 0 bridgehead atoms. The summed E-state index contributed by atoms with van der Waals surface area (Å²) in [6.07, 6.45) is 6.25. The first-order valence-electron chi connectivity index (χ1n) is 9.37. The maximum Gasteiger partial charge on any atom is 0.239 e. The number of rotatable bonds is 5. The lowest BCUT2D eigenvalue weighted by atomic mass is 10.1. The maximum atomic E-state index is 12.6. The van der Waals surface area contributed by atoms with Crippen molar-refractivity contribution in [3.63, 3.8) is 0 Å². The SMILES string of the molecule is CCn1ccnc1CN1CCN(C(C)C(=O)N2CCCC2)CC1C. The molecule has 0 spiro atoms. The van der Waals surface area contributed by atoms with E-state index in [1.54, 1.807) is 0 Å². The Bertz CT molecular complexity index is 551. The van der Waals surface area contributed by atoms with Crippen molar-refractivity contribution in [2.24, 2.45) is 0 Å². The summed E-state index contributed by atoms with van der Waals surface area (Å²) < 4.78 is 2.21. The number of carbonyl (C=O) groups is 1. The molecule has 0 saturated carbocycles. The van der Waals surface area contributed by atoms with Gasteiger partial charge in [0.2, 0.25) is 5.91 Å². The zero-order valence-corrected chi connectivity index (χ0v) is 15.3. The number of nitrogens with zero attached hydrogens (tertiary/aromatic N) is 5. The molecule has 24 heavy (non-hydrogen) atoms. The van der Waals surface area contributed by atoms with Crippen molar-refractivity contribution in [3.05, 3.63) is 18.2 Å². The van der Waals surface area contributed by atoms with E-state index in [-0.39, 0.29) is 6.04 Å². The van der Waals surface area contributed by atoms with Crippen LogP contribution in [0.5, 0.6) is 0 Å². The van der Waals surface area contributed by atoms with Gasteiger partial charge in [-0.1, -0.05) is 0 Å². The second-order valence-corrected chi connectivity index (χ2v) is 7.15. The van der Waals surface area contributed by atoms with E-state index in [1.165, 1.54) is 0 Å². The minimum absolute atomic E-state index is 0.00493. The lowest BCUT2D eigenvalue weighted by Crippen LogP contribution is -2.57. The van der Waals surface area contributed by atoms with E-state index >= 15 is 0 Å². The highest BCUT2D eigenvalue weighted by Gasteiger charge is 2.32. The Morgan fingerprint density at radius 1 is 1.29 bits per heavy atom. The topological polar surface area (TPSA) is 44.6 Å². The molecule has 6 nitrogen and oxygen atoms in total. The fourth-order valence-corrected chi connectivity index (χ4v) is 3.93. The fraction of sp³-hybridized carbons (Fsp3) is 0.778. The number of aryl methyl sites for hydroxylation is 1. The first-order chi connectivity index (χ1) is 11.6. The third-order valence-corrected chi connectivity index (χ3v) is 5.61. The summed E-state index contributed by atoms with van der Waals surface area (Å²) in [5.74, 6) is 1.45. The second-order valence-electron chi connectivity index (χ2n) is 7.15. The predicted octanol–water partition coefficient (Wildman–Crippen LogP) is 1.42. The Morgan fingerprint density at radius 3 is 2.71 bits per heavy atom. The maximum absolute atomic E-state index is 12.6. The average Bonchev–Trinajstić information content (AvgIpc) is 3.26. The van der Waals surface area contributed by atoms with Crippen LogP contribution in [-0.2, 0) is 17.9 Å². The second kappa shape index (κ2) is 7.66. The monoisotopic (exact) mass is 333 g/mol. The lowest BCUT2D eigenvalue weighted by molar-refractivity contribution is -0.136. The zero-order chi connectivity index (χ0) is 17.1. The number of hydrogen-bond donors (Lipinski definition) is 0. The molecule has 2 saturated heterocycles. The van der Waals surface area contributed by atoms with Crippen LogP contribution in [0.2, 0.25) is 0 Å². The van der Waals surface area contributed by atoms with Gasteiger partial charge in [0.05, 0.1) is 12.6 Å². The average molecular weight is 333 g/mol. The van der Waals surface area contributed by atoms with Gasteiger partial charge in [-0.05, 0) is 33.6 Å². The summed E-state index contributed by atoms with van der Waals surface area (Å²) in [6.45, 7) is 13.1. The quantitative estimate of drug-likeness (QED) is 0.817. The predicted molar refractivity (Wildman–Crippen MR) is 94.6 cm³/mol. The van der Waals surface area contributed by atoms with Crippen molar-refractivity contribution in [2.75, 3.05) is 32.7 Å². The van der Waals surface area contributed by atoms with Crippen molar-refractivity contribution < 1.29 is 4.79 Å². The largest absolute Gasteiger partial charge is 0.341 e. The highest BCUT2D eigenvalue weighted by Crippen LogP contribution is 2.18. The smallest absolute Gasteiger partial charge is 0.239 e. The molecule has 2 atom stereocenters. The van der Waals surface area contributed by atoms with Gasteiger partial charge >= 0.3 is 0 Å². The van der Waals surface area contributed by atoms with Gasteiger partial charge in [-0.2, -0.15) is 0 Å². The Hall–Kier alpha value is -1.40. The number of hydrogen-bond acceptors (Lipinski definition) is 4. The highest BCUT2D eigenvalue weighted by molar-refractivity contribution is 5.81. The van der Waals surface area contributed by atoms with E-state index in [0.29, 0.717) is 11.9 Å². The summed E-state index contributed by atoms with van der Waals surface area (Å²) in [4.78, 5) is 24.0. The van der Waals surface area contributed by atoms with E-state index in [4.69, 9.17) is 0 Å². The van der Waals surface area contributed by atoms with Gasteiger partial charge in [-0.25, -0.2) is 4.98 Å². The Kier molecular flexibility index (Phi) is 5.56. The minimum atomic E-state index is 0.00493. The minimum Gasteiger partial charge on any atom is -0.341 e. The molecule has 2 fully saturated rings. The van der Waals surface area contributed by atoms with Crippen LogP contribution >= 0.6 is 0 Å². The van der Waals surface area contributed by atoms with Crippen LogP contribution < -0.4 is 0 Å². The van der Waals surface area contributed by atoms with Crippen molar-refractivity contribution in [2.45, 2.75) is 58.8 Å². The first kappa shape index (κ1) is 17.4. The van der Waals surface area contributed by atoms with Crippen LogP contribution in [0, 0.1) is 0 Å². The number of carbonyl (C=O) groups excluding carboxylic acids is 1. The number of aromatic nitrogens is 2. The van der Waals surface area contributed by atoms with E-state index < -0.39 is 0 Å². The third kappa shape index (κ3) is 3.64. The molecule has 1 aromatic rings. The van der Waals surface area contributed by atoms with Crippen LogP contribution in [0.1, 0.15) is 39.4 Å². The van der Waals surface area contributed by atoms with Crippen LogP contribution in [-0.4, -0.2) is 75.0 Å². The molecule has 0 radical (unpaired) electrons. The van der Waals surface area contributed by atoms with Crippen molar-refractivity contribution in [1.29, 1.82) is 0 Å². The number of imidazole rings is 1. The van der Waals surface area contributed by atoms with Gasteiger partial charge in [0, 0.05) is 57.7 Å². The van der Waals surface area contributed by atoms with E-state index in [9.17, 15) is 4.79 Å². The van der Waals surface area contributed by atoms with Crippen molar-refractivity contribution in [1.82, 2.24) is 24.3 Å². The molecule has 2 unspecified atom stereocenters. The van der Waals surface area contributed by atoms with E-state index in [2.05, 4.69) is 40.1 Å². The van der Waals surface area contributed by atoms with Crippen LogP contribution in [0.25, 0.3) is 0 Å². The third-order valence-electron chi connectivity index (χ3n) is 5.61. The molecule has 1 aromatic heterocycles. The van der Waals surface area contributed by atoms with E-state index in [0.717, 1.165) is 64.5 Å². The van der Waals surface area contributed by atoms with Crippen molar-refractivity contribution in [3.8, 4) is 0 Å². The lowest BCUT2D eigenvalue weighted by Gasteiger charge is -2.42. The number of likely N-dealkylation sites (tertiary alicyclic amines) is 1. The van der Waals surface area contributed by atoms with Crippen LogP contribution in [0.15, 0.2) is 12.4 Å². The normalized spacial score (nSPS) is 24.5. The molecule has 3 heterocycles. The molecule has 6 heteroatoms. The zero-order valence-electron chi connectivity index (χ0n) is 15.3. The molecule has 134 valence electrons. The van der Waals surface area contributed by atoms with E-state index in [1.807, 2.05) is 17.3 Å². The van der Waals surface area contributed by atoms with Gasteiger partial charge in [-0.3, -0.25) is 14.6 Å².